The van der Waals surface area contributed by atoms with E-state index in [0.717, 1.165) is 12.0 Å². The van der Waals surface area contributed by atoms with Gasteiger partial charge in [-0.25, -0.2) is 0 Å². The third-order valence-corrected chi connectivity index (χ3v) is 2.88. The average molecular weight is 265 g/mol. The highest BCUT2D eigenvalue weighted by Gasteiger charge is 2.16. The molecule has 1 aromatic rings. The Balaban J connectivity index is 2.82. The fraction of sp³-hybridized carbons (Fsp3) is 0.462. The molecule has 0 saturated carbocycles. The zero-order valence-electron chi connectivity index (χ0n) is 11.1. The van der Waals surface area contributed by atoms with Crippen LogP contribution in [0.15, 0.2) is 24.3 Å². The summed E-state index contributed by atoms with van der Waals surface area (Å²) in [5.74, 6) is -0.367. The minimum absolute atomic E-state index is 0.0331. The fourth-order valence-corrected chi connectivity index (χ4v) is 2.01. The molecule has 6 nitrogen and oxygen atoms in total. The van der Waals surface area contributed by atoms with E-state index >= 15 is 0 Å². The fourth-order valence-electron chi connectivity index (χ4n) is 2.01. The number of amides is 1. The summed E-state index contributed by atoms with van der Waals surface area (Å²) in [4.78, 5) is 21.2. The van der Waals surface area contributed by atoms with Crippen LogP contribution in [-0.4, -0.2) is 16.9 Å². The number of rotatable bonds is 7. The highest BCUT2D eigenvalue weighted by Crippen LogP contribution is 2.22. The molecule has 0 saturated heterocycles. The number of carbonyl (C=O) groups excluding carboxylic acids is 1. The number of carbonyl (C=O) groups is 1. The molecule has 0 radical (unpaired) electrons. The summed E-state index contributed by atoms with van der Waals surface area (Å²) in [7, 11) is 0. The van der Waals surface area contributed by atoms with Crippen LogP contribution in [0.1, 0.15) is 38.3 Å². The van der Waals surface area contributed by atoms with Crippen molar-refractivity contribution in [3.63, 3.8) is 0 Å². The minimum Gasteiger partial charge on any atom is -0.370 e. The molecule has 0 heterocycles. The molecule has 104 valence electrons. The predicted octanol–water partition coefficient (Wildman–Crippen LogP) is 1.90. The van der Waals surface area contributed by atoms with Gasteiger partial charge < -0.3 is 11.1 Å². The van der Waals surface area contributed by atoms with Gasteiger partial charge in [-0.3, -0.25) is 14.9 Å². The molecular weight excluding hydrogens is 246 g/mol. The van der Waals surface area contributed by atoms with Gasteiger partial charge in [0.2, 0.25) is 5.91 Å². The van der Waals surface area contributed by atoms with E-state index in [1.165, 1.54) is 6.07 Å². The molecule has 0 aliphatic carbocycles. The van der Waals surface area contributed by atoms with Crippen LogP contribution >= 0.6 is 0 Å². The number of nitro benzene ring substituents is 1. The molecule has 1 rings (SSSR count). The molecule has 0 bridgehead atoms. The quantitative estimate of drug-likeness (QED) is 0.581. The molecule has 3 N–H and O–H groups in total. The highest BCUT2D eigenvalue weighted by atomic mass is 16.6. The number of nitro groups is 1. The lowest BCUT2D eigenvalue weighted by molar-refractivity contribution is -0.384. The molecule has 0 fully saturated rings. The summed E-state index contributed by atoms with van der Waals surface area (Å²) in [6, 6.07) is 6.42. The number of primary amides is 1. The van der Waals surface area contributed by atoms with Gasteiger partial charge in [0.05, 0.1) is 4.92 Å². The summed E-state index contributed by atoms with van der Waals surface area (Å²) < 4.78 is 0. The Morgan fingerprint density at radius 1 is 1.53 bits per heavy atom. The van der Waals surface area contributed by atoms with Gasteiger partial charge in [-0.15, -0.1) is 0 Å². The van der Waals surface area contributed by atoms with Gasteiger partial charge in [0.15, 0.2) is 0 Å². The highest BCUT2D eigenvalue weighted by molar-refractivity contribution is 5.74. The molecular formula is C13H19N3O3. The normalized spacial score (nSPS) is 13.8. The first-order chi connectivity index (χ1) is 8.93. The Morgan fingerprint density at radius 3 is 2.74 bits per heavy atom. The topological polar surface area (TPSA) is 98.3 Å². The van der Waals surface area contributed by atoms with Crippen LogP contribution in [0.4, 0.5) is 5.69 Å². The largest absolute Gasteiger partial charge is 0.370 e. The van der Waals surface area contributed by atoms with Crippen molar-refractivity contribution in [1.29, 1.82) is 0 Å². The summed E-state index contributed by atoms with van der Waals surface area (Å²) >= 11 is 0. The van der Waals surface area contributed by atoms with E-state index in [0.29, 0.717) is 0 Å². The van der Waals surface area contributed by atoms with Gasteiger partial charge in [0.25, 0.3) is 5.69 Å². The number of nitrogens with two attached hydrogens (primary N) is 1. The summed E-state index contributed by atoms with van der Waals surface area (Å²) in [5, 5.41) is 14.0. The maximum absolute atomic E-state index is 10.9. The second kappa shape index (κ2) is 6.84. The summed E-state index contributed by atoms with van der Waals surface area (Å²) in [5.41, 5.74) is 6.06. The Labute approximate surface area is 112 Å². The van der Waals surface area contributed by atoms with Crippen LogP contribution in [0.5, 0.6) is 0 Å². The van der Waals surface area contributed by atoms with Crippen LogP contribution in [0.2, 0.25) is 0 Å². The maximum Gasteiger partial charge on any atom is 0.269 e. The monoisotopic (exact) mass is 265 g/mol. The molecule has 2 unspecified atom stereocenters. The SMILES string of the molecule is CCC(NC(C)CC(N)=O)c1cccc([N+](=O)[O-])c1. The van der Waals surface area contributed by atoms with Gasteiger partial charge in [0.1, 0.15) is 0 Å². The first-order valence-electron chi connectivity index (χ1n) is 6.22. The lowest BCUT2D eigenvalue weighted by atomic mass is 10.0. The van der Waals surface area contributed by atoms with Crippen LogP contribution in [0.3, 0.4) is 0 Å². The van der Waals surface area contributed by atoms with E-state index in [1.807, 2.05) is 19.9 Å². The summed E-state index contributed by atoms with van der Waals surface area (Å²) in [6.45, 7) is 3.85. The van der Waals surface area contributed by atoms with Gasteiger partial charge >= 0.3 is 0 Å². The second-order valence-electron chi connectivity index (χ2n) is 4.55. The standard InChI is InChI=1S/C13H19N3O3/c1-3-12(15-9(2)7-13(14)17)10-5-4-6-11(8-10)16(18)19/h4-6,8-9,12,15H,3,7H2,1-2H3,(H2,14,17). The first-order valence-corrected chi connectivity index (χ1v) is 6.22. The molecule has 0 aliphatic heterocycles. The number of hydrogen-bond donors (Lipinski definition) is 2. The Kier molecular flexibility index (Phi) is 5.44. The number of nitrogens with one attached hydrogen (secondary N) is 1. The van der Waals surface area contributed by atoms with Crippen LogP contribution in [0, 0.1) is 10.1 Å². The number of non-ortho nitro benzene ring substituents is 1. The van der Waals surface area contributed by atoms with Crippen molar-refractivity contribution in [2.75, 3.05) is 0 Å². The van der Waals surface area contributed by atoms with Gasteiger partial charge in [-0.1, -0.05) is 19.1 Å². The first kappa shape index (κ1) is 15.1. The van der Waals surface area contributed by atoms with Gasteiger partial charge in [0, 0.05) is 30.6 Å². The van der Waals surface area contributed by atoms with Gasteiger partial charge in [-0.05, 0) is 18.9 Å². The molecule has 19 heavy (non-hydrogen) atoms. The van der Waals surface area contributed by atoms with Crippen molar-refractivity contribution in [1.82, 2.24) is 5.32 Å². The van der Waals surface area contributed by atoms with Crippen molar-refractivity contribution >= 4 is 11.6 Å². The van der Waals surface area contributed by atoms with Crippen LogP contribution in [-0.2, 0) is 4.79 Å². The second-order valence-corrected chi connectivity index (χ2v) is 4.55. The number of nitrogens with zero attached hydrogens (tertiary/aromatic N) is 1. The number of benzene rings is 1. The van der Waals surface area contributed by atoms with Crippen molar-refractivity contribution in [3.8, 4) is 0 Å². The van der Waals surface area contributed by atoms with E-state index < -0.39 is 4.92 Å². The molecule has 1 aromatic carbocycles. The minimum atomic E-state index is -0.414. The van der Waals surface area contributed by atoms with Crippen molar-refractivity contribution in [3.05, 3.63) is 39.9 Å². The number of hydrogen-bond acceptors (Lipinski definition) is 4. The molecule has 2 atom stereocenters. The lowest BCUT2D eigenvalue weighted by Gasteiger charge is -2.21. The van der Waals surface area contributed by atoms with E-state index in [9.17, 15) is 14.9 Å². The third-order valence-electron chi connectivity index (χ3n) is 2.88. The van der Waals surface area contributed by atoms with Crippen LogP contribution in [0.25, 0.3) is 0 Å². The van der Waals surface area contributed by atoms with Crippen molar-refractivity contribution in [2.45, 2.75) is 38.8 Å². The predicted molar refractivity (Wildman–Crippen MR) is 72.5 cm³/mol. The molecule has 6 heteroatoms. The lowest BCUT2D eigenvalue weighted by Crippen LogP contribution is -2.33. The van der Waals surface area contributed by atoms with Crippen LogP contribution < -0.4 is 11.1 Å². The molecule has 0 aromatic heterocycles. The molecule has 0 spiro atoms. The zero-order chi connectivity index (χ0) is 14.4. The van der Waals surface area contributed by atoms with Crippen molar-refractivity contribution in [2.24, 2.45) is 5.73 Å². The molecule has 0 aliphatic rings. The van der Waals surface area contributed by atoms with Crippen molar-refractivity contribution < 1.29 is 9.72 Å². The average Bonchev–Trinajstić information content (AvgIpc) is 2.35. The summed E-state index contributed by atoms with van der Waals surface area (Å²) in [6.07, 6.45) is 1.01. The van der Waals surface area contributed by atoms with E-state index in [1.54, 1.807) is 12.1 Å². The Bertz CT molecular complexity index is 462. The third kappa shape index (κ3) is 4.67. The zero-order valence-corrected chi connectivity index (χ0v) is 11.1. The van der Waals surface area contributed by atoms with E-state index in [-0.39, 0.29) is 30.1 Å². The Morgan fingerprint density at radius 2 is 2.21 bits per heavy atom. The van der Waals surface area contributed by atoms with E-state index in [4.69, 9.17) is 5.73 Å². The van der Waals surface area contributed by atoms with E-state index in [2.05, 4.69) is 5.32 Å². The Hall–Kier alpha value is -1.95. The maximum atomic E-state index is 10.9. The smallest absolute Gasteiger partial charge is 0.269 e. The molecule has 1 amide bonds. The van der Waals surface area contributed by atoms with Gasteiger partial charge in [-0.2, -0.15) is 0 Å².